The standard InChI is InChI=1S/C24H30F2N4O6Si/c1-24(2,3)36-23(33)29-14-9-16(25)19(17(26)10-14)35-21-18-15(22(31)32)11-30(20(18)27-12-28-21)13-34-7-8-37(4,5)6/h9-12H,7-8,13H2,1-6H3,(H,29,33)(H,31,32). The molecular formula is C24H30F2N4O6Si. The lowest BCUT2D eigenvalue weighted by Crippen LogP contribution is -2.27. The van der Waals surface area contributed by atoms with E-state index in [-0.39, 0.29) is 34.9 Å². The molecule has 10 nitrogen and oxygen atoms in total. The van der Waals surface area contributed by atoms with E-state index in [1.165, 1.54) is 10.8 Å². The summed E-state index contributed by atoms with van der Waals surface area (Å²) >= 11 is 0. The Labute approximate surface area is 213 Å². The predicted molar refractivity (Wildman–Crippen MR) is 135 cm³/mol. The summed E-state index contributed by atoms with van der Waals surface area (Å²) in [6, 6.07) is 2.60. The number of halogens is 2. The van der Waals surface area contributed by atoms with Crippen molar-refractivity contribution >= 4 is 36.9 Å². The van der Waals surface area contributed by atoms with Gasteiger partial charge in [-0.1, -0.05) is 19.6 Å². The highest BCUT2D eigenvalue weighted by atomic mass is 28.3. The molecule has 0 aliphatic carbocycles. The van der Waals surface area contributed by atoms with Gasteiger partial charge >= 0.3 is 12.1 Å². The lowest BCUT2D eigenvalue weighted by molar-refractivity contribution is 0.0634. The molecule has 0 aliphatic heterocycles. The van der Waals surface area contributed by atoms with Gasteiger partial charge in [0, 0.05) is 33.0 Å². The maximum absolute atomic E-state index is 14.8. The maximum Gasteiger partial charge on any atom is 0.412 e. The average Bonchev–Trinajstić information content (AvgIpc) is 3.11. The van der Waals surface area contributed by atoms with Crippen LogP contribution >= 0.6 is 0 Å². The lowest BCUT2D eigenvalue weighted by atomic mass is 10.2. The van der Waals surface area contributed by atoms with Crippen molar-refractivity contribution in [2.45, 2.75) is 58.8 Å². The number of rotatable bonds is 9. The summed E-state index contributed by atoms with van der Waals surface area (Å²) in [4.78, 5) is 31.9. The normalized spacial score (nSPS) is 12.0. The molecule has 1 amide bonds. The summed E-state index contributed by atoms with van der Waals surface area (Å²) in [5.41, 5.74) is -1.06. The zero-order valence-electron chi connectivity index (χ0n) is 21.5. The van der Waals surface area contributed by atoms with Crippen molar-refractivity contribution in [2.75, 3.05) is 11.9 Å². The molecule has 0 bridgehead atoms. The number of aromatic carboxylic acids is 1. The molecule has 37 heavy (non-hydrogen) atoms. The highest BCUT2D eigenvalue weighted by Crippen LogP contribution is 2.34. The summed E-state index contributed by atoms with van der Waals surface area (Å²) in [6.07, 6.45) is 1.51. The number of nitrogens with one attached hydrogen (secondary N) is 1. The fourth-order valence-electron chi connectivity index (χ4n) is 3.22. The third-order valence-corrected chi connectivity index (χ3v) is 6.62. The Bertz CT molecular complexity index is 1290. The van der Waals surface area contributed by atoms with Crippen molar-refractivity contribution < 1.29 is 37.7 Å². The van der Waals surface area contributed by atoms with E-state index in [0.29, 0.717) is 6.61 Å². The SMILES string of the molecule is CC(C)(C)OC(=O)Nc1cc(F)c(Oc2ncnc3c2c(C(=O)O)cn3COCC[Si](C)(C)C)c(F)c1. The van der Waals surface area contributed by atoms with Crippen molar-refractivity contribution in [3.05, 3.63) is 41.9 Å². The second-order valence-electron chi connectivity index (χ2n) is 10.5. The van der Waals surface area contributed by atoms with Gasteiger partial charge in [-0.2, -0.15) is 0 Å². The smallest absolute Gasteiger partial charge is 0.412 e. The van der Waals surface area contributed by atoms with Gasteiger partial charge in [0.2, 0.25) is 11.6 Å². The van der Waals surface area contributed by atoms with Crippen LogP contribution < -0.4 is 10.1 Å². The summed E-state index contributed by atoms with van der Waals surface area (Å²) in [6.45, 7) is 12.1. The van der Waals surface area contributed by atoms with Crippen LogP contribution in [0, 0.1) is 11.6 Å². The van der Waals surface area contributed by atoms with E-state index < -0.39 is 43.1 Å². The van der Waals surface area contributed by atoms with Crippen molar-refractivity contribution in [1.29, 1.82) is 0 Å². The first-order chi connectivity index (χ1) is 17.1. The van der Waals surface area contributed by atoms with E-state index in [1.807, 2.05) is 0 Å². The van der Waals surface area contributed by atoms with Crippen LogP contribution in [0.5, 0.6) is 11.6 Å². The van der Waals surface area contributed by atoms with Crippen LogP contribution in [0.3, 0.4) is 0 Å². The van der Waals surface area contributed by atoms with Crippen LogP contribution in [0.4, 0.5) is 19.3 Å². The molecule has 1 aromatic carbocycles. The molecule has 0 aliphatic rings. The predicted octanol–water partition coefficient (Wildman–Crippen LogP) is 5.86. The number of amides is 1. The van der Waals surface area contributed by atoms with Crippen LogP contribution in [-0.2, 0) is 16.2 Å². The minimum absolute atomic E-state index is 0.0263. The minimum Gasteiger partial charge on any atom is -0.478 e. The molecule has 0 fully saturated rings. The zero-order chi connectivity index (χ0) is 27.5. The first-order valence-electron chi connectivity index (χ1n) is 11.5. The Morgan fingerprint density at radius 2 is 1.78 bits per heavy atom. The Balaban J connectivity index is 1.89. The number of hydrogen-bond acceptors (Lipinski definition) is 7. The largest absolute Gasteiger partial charge is 0.478 e. The third kappa shape index (κ3) is 7.46. The number of anilines is 1. The van der Waals surface area contributed by atoms with Gasteiger partial charge < -0.3 is 23.9 Å². The first kappa shape index (κ1) is 28.0. The molecule has 13 heteroatoms. The summed E-state index contributed by atoms with van der Waals surface area (Å²) in [5.74, 6) is -4.78. The van der Waals surface area contributed by atoms with Crippen LogP contribution in [-0.4, -0.2) is 52.0 Å². The number of carbonyl (C=O) groups excluding carboxylic acids is 1. The summed E-state index contributed by atoms with van der Waals surface area (Å²) in [5, 5.41) is 11.9. The molecule has 3 rings (SSSR count). The highest BCUT2D eigenvalue weighted by molar-refractivity contribution is 6.76. The number of carboxylic acids is 1. The fourth-order valence-corrected chi connectivity index (χ4v) is 3.98. The summed E-state index contributed by atoms with van der Waals surface area (Å²) in [7, 11) is -1.32. The lowest BCUT2D eigenvalue weighted by Gasteiger charge is -2.19. The molecule has 0 unspecified atom stereocenters. The molecule has 0 atom stereocenters. The first-order valence-corrected chi connectivity index (χ1v) is 15.2. The van der Waals surface area contributed by atoms with Gasteiger partial charge in [-0.05, 0) is 26.8 Å². The number of fused-ring (bicyclic) bond motifs is 1. The maximum atomic E-state index is 14.8. The Kier molecular flexibility index (Phi) is 8.18. The van der Waals surface area contributed by atoms with Crippen molar-refractivity contribution in [1.82, 2.24) is 14.5 Å². The van der Waals surface area contributed by atoms with Gasteiger partial charge in [0.1, 0.15) is 24.3 Å². The molecule has 2 N–H and O–H groups in total. The van der Waals surface area contributed by atoms with E-state index in [9.17, 15) is 23.5 Å². The number of benzene rings is 1. The van der Waals surface area contributed by atoms with Gasteiger partial charge in [0.15, 0.2) is 11.6 Å². The Morgan fingerprint density at radius 1 is 1.14 bits per heavy atom. The van der Waals surface area contributed by atoms with Crippen LogP contribution in [0.25, 0.3) is 11.0 Å². The molecule has 200 valence electrons. The average molecular weight is 537 g/mol. The Hall–Kier alpha value is -3.58. The van der Waals surface area contributed by atoms with Gasteiger partial charge in [-0.25, -0.2) is 28.3 Å². The van der Waals surface area contributed by atoms with Crippen LogP contribution in [0.2, 0.25) is 25.7 Å². The van der Waals surface area contributed by atoms with E-state index in [1.54, 1.807) is 20.8 Å². The monoisotopic (exact) mass is 536 g/mol. The second-order valence-corrected chi connectivity index (χ2v) is 16.2. The molecule has 0 saturated carbocycles. The van der Waals surface area contributed by atoms with Crippen molar-refractivity contribution in [3.8, 4) is 11.6 Å². The van der Waals surface area contributed by atoms with Gasteiger partial charge in [0.25, 0.3) is 0 Å². The van der Waals surface area contributed by atoms with Crippen molar-refractivity contribution in [2.24, 2.45) is 0 Å². The molecular weight excluding hydrogens is 506 g/mol. The topological polar surface area (TPSA) is 125 Å². The molecule has 3 aromatic rings. The fraction of sp³-hybridized carbons (Fsp3) is 0.417. The number of aromatic nitrogens is 3. The molecule has 2 heterocycles. The van der Waals surface area contributed by atoms with Gasteiger partial charge in [0.05, 0.1) is 16.6 Å². The number of hydrogen-bond donors (Lipinski definition) is 2. The molecule has 2 aromatic heterocycles. The zero-order valence-corrected chi connectivity index (χ0v) is 22.5. The quantitative estimate of drug-likeness (QED) is 0.257. The van der Waals surface area contributed by atoms with Crippen LogP contribution in [0.1, 0.15) is 31.1 Å². The molecule has 0 spiro atoms. The van der Waals surface area contributed by atoms with Gasteiger partial charge in [-0.15, -0.1) is 0 Å². The van der Waals surface area contributed by atoms with E-state index in [2.05, 4.69) is 34.9 Å². The minimum atomic E-state index is -1.32. The van der Waals surface area contributed by atoms with Crippen molar-refractivity contribution in [3.63, 3.8) is 0 Å². The number of carboxylic acid groups (broad SMARTS) is 1. The van der Waals surface area contributed by atoms with E-state index in [4.69, 9.17) is 14.2 Å². The molecule has 0 radical (unpaired) electrons. The van der Waals surface area contributed by atoms with Crippen LogP contribution in [0.15, 0.2) is 24.7 Å². The van der Waals surface area contributed by atoms with E-state index >= 15 is 0 Å². The number of nitrogens with zero attached hydrogens (tertiary/aromatic N) is 3. The number of carbonyl (C=O) groups is 2. The van der Waals surface area contributed by atoms with E-state index in [0.717, 1.165) is 24.5 Å². The third-order valence-electron chi connectivity index (χ3n) is 4.92. The summed E-state index contributed by atoms with van der Waals surface area (Å²) < 4.78 is 47.3. The number of ether oxygens (including phenoxy) is 3. The Morgan fingerprint density at radius 3 is 2.35 bits per heavy atom. The van der Waals surface area contributed by atoms with Gasteiger partial charge in [-0.3, -0.25) is 5.32 Å². The highest BCUT2D eigenvalue weighted by Gasteiger charge is 2.24. The second kappa shape index (κ2) is 10.8. The molecule has 0 saturated heterocycles.